The molecule has 0 saturated carbocycles. The number of nitrogens with one attached hydrogen (secondary N) is 1. The molecule has 0 bridgehead atoms. The number of likely N-dealkylation sites (tertiary alicyclic amines) is 1. The van der Waals surface area contributed by atoms with Gasteiger partial charge in [-0.25, -0.2) is 0 Å². The summed E-state index contributed by atoms with van der Waals surface area (Å²) in [6, 6.07) is 14.1. The molecular formula is C22H28N2O3. The zero-order valence-corrected chi connectivity index (χ0v) is 15.9. The van der Waals surface area contributed by atoms with Gasteiger partial charge in [0.15, 0.2) is 0 Å². The molecule has 2 aromatic rings. The largest absolute Gasteiger partial charge is 0.469 e. The highest BCUT2D eigenvalue weighted by Crippen LogP contribution is 2.25. The molecular weight excluding hydrogens is 340 g/mol. The first-order valence-corrected chi connectivity index (χ1v) is 9.80. The van der Waals surface area contributed by atoms with Crippen molar-refractivity contribution in [2.45, 2.75) is 51.0 Å². The quantitative estimate of drug-likeness (QED) is 0.813. The fourth-order valence-electron chi connectivity index (χ4n) is 3.70. The Labute approximate surface area is 160 Å². The Balaban J connectivity index is 1.55. The van der Waals surface area contributed by atoms with Crippen molar-refractivity contribution in [2.75, 3.05) is 13.1 Å². The van der Waals surface area contributed by atoms with Gasteiger partial charge in [-0.1, -0.05) is 37.3 Å². The maximum absolute atomic E-state index is 12.6. The van der Waals surface area contributed by atoms with E-state index < -0.39 is 0 Å². The van der Waals surface area contributed by atoms with Crippen LogP contribution in [0.15, 0.2) is 53.1 Å². The molecule has 144 valence electrons. The zero-order chi connectivity index (χ0) is 19.1. The van der Waals surface area contributed by atoms with Crippen LogP contribution in [0, 0.1) is 0 Å². The number of carbonyl (C=O) groups excluding carboxylic acids is 2. The first-order valence-electron chi connectivity index (χ1n) is 9.80. The van der Waals surface area contributed by atoms with Gasteiger partial charge < -0.3 is 14.6 Å². The number of nitrogens with zero attached hydrogens (tertiary/aromatic N) is 1. The molecule has 0 radical (unpaired) electrons. The van der Waals surface area contributed by atoms with E-state index in [9.17, 15) is 9.59 Å². The molecule has 1 fully saturated rings. The van der Waals surface area contributed by atoms with Crippen molar-refractivity contribution in [1.82, 2.24) is 10.2 Å². The Morgan fingerprint density at radius 2 is 1.89 bits per heavy atom. The SMILES string of the molecule is CCC(=O)N1CCC(NC(=O)C[C@H](Cc2ccccc2)c2ccco2)CC1. The first kappa shape index (κ1) is 19.2. The van der Waals surface area contributed by atoms with Gasteiger partial charge in [0.05, 0.1) is 6.26 Å². The molecule has 27 heavy (non-hydrogen) atoms. The standard InChI is InChI=1S/C22H28N2O3/c1-2-22(26)24-12-10-19(11-13-24)23-21(25)16-18(20-9-6-14-27-20)15-17-7-4-3-5-8-17/h3-9,14,18-19H,2,10-13,15-16H2,1H3,(H,23,25)/t18-/m0/s1. The van der Waals surface area contributed by atoms with Crippen LogP contribution >= 0.6 is 0 Å². The summed E-state index contributed by atoms with van der Waals surface area (Å²) in [7, 11) is 0. The summed E-state index contributed by atoms with van der Waals surface area (Å²) in [6.45, 7) is 3.34. The minimum absolute atomic E-state index is 0.0177. The number of amides is 2. The van der Waals surface area contributed by atoms with Crippen LogP contribution < -0.4 is 5.32 Å². The van der Waals surface area contributed by atoms with Gasteiger partial charge in [0.1, 0.15) is 5.76 Å². The Bertz CT molecular complexity index is 719. The Morgan fingerprint density at radius 1 is 1.15 bits per heavy atom. The van der Waals surface area contributed by atoms with Crippen LogP contribution in [0.5, 0.6) is 0 Å². The lowest BCUT2D eigenvalue weighted by atomic mass is 9.93. The molecule has 1 aromatic heterocycles. The van der Waals surface area contributed by atoms with Crippen LogP contribution in [0.2, 0.25) is 0 Å². The Kier molecular flexibility index (Phi) is 6.69. The van der Waals surface area contributed by atoms with E-state index in [1.165, 1.54) is 5.56 Å². The third-order valence-corrected chi connectivity index (χ3v) is 5.22. The maximum Gasteiger partial charge on any atom is 0.222 e. The Hall–Kier alpha value is -2.56. The highest BCUT2D eigenvalue weighted by Gasteiger charge is 2.25. The van der Waals surface area contributed by atoms with Crippen molar-refractivity contribution < 1.29 is 14.0 Å². The highest BCUT2D eigenvalue weighted by molar-refractivity contribution is 5.77. The van der Waals surface area contributed by atoms with E-state index >= 15 is 0 Å². The van der Waals surface area contributed by atoms with Gasteiger partial charge in [-0.2, -0.15) is 0 Å². The van der Waals surface area contributed by atoms with Gasteiger partial charge in [0, 0.05) is 37.9 Å². The summed E-state index contributed by atoms with van der Waals surface area (Å²) in [6.07, 6.45) is 5.01. The number of rotatable bonds is 7. The number of hydrogen-bond donors (Lipinski definition) is 1. The maximum atomic E-state index is 12.6. The van der Waals surface area contributed by atoms with Crippen LogP contribution in [0.4, 0.5) is 0 Å². The van der Waals surface area contributed by atoms with Crippen molar-refractivity contribution in [2.24, 2.45) is 0 Å². The van der Waals surface area contributed by atoms with Crippen LogP contribution in [0.25, 0.3) is 0 Å². The Morgan fingerprint density at radius 3 is 2.52 bits per heavy atom. The minimum atomic E-state index is 0.0177. The molecule has 5 nitrogen and oxygen atoms in total. The van der Waals surface area contributed by atoms with Crippen LogP contribution in [-0.2, 0) is 16.0 Å². The summed E-state index contributed by atoms with van der Waals surface area (Å²) < 4.78 is 5.59. The topological polar surface area (TPSA) is 62.6 Å². The van der Waals surface area contributed by atoms with E-state index in [0.717, 1.165) is 38.1 Å². The summed E-state index contributed by atoms with van der Waals surface area (Å²) in [5, 5.41) is 3.16. The third-order valence-electron chi connectivity index (χ3n) is 5.22. The minimum Gasteiger partial charge on any atom is -0.469 e. The van der Waals surface area contributed by atoms with Crippen molar-refractivity contribution in [1.29, 1.82) is 0 Å². The van der Waals surface area contributed by atoms with Crippen LogP contribution in [-0.4, -0.2) is 35.8 Å². The molecule has 2 amide bonds. The number of carbonyl (C=O) groups is 2. The molecule has 1 atom stereocenters. The molecule has 1 N–H and O–H groups in total. The second-order valence-electron chi connectivity index (χ2n) is 7.18. The summed E-state index contributed by atoms with van der Waals surface area (Å²) in [5.41, 5.74) is 1.19. The average molecular weight is 368 g/mol. The van der Waals surface area contributed by atoms with Gasteiger partial charge in [0.2, 0.25) is 11.8 Å². The van der Waals surface area contributed by atoms with E-state index in [1.807, 2.05) is 42.2 Å². The summed E-state index contributed by atoms with van der Waals surface area (Å²) in [4.78, 5) is 26.3. The lowest BCUT2D eigenvalue weighted by Crippen LogP contribution is -2.46. The van der Waals surface area contributed by atoms with Crippen molar-refractivity contribution in [3.05, 3.63) is 60.1 Å². The summed E-state index contributed by atoms with van der Waals surface area (Å²) >= 11 is 0. The van der Waals surface area contributed by atoms with Crippen molar-refractivity contribution in [3.8, 4) is 0 Å². The molecule has 1 aromatic carbocycles. The van der Waals surface area contributed by atoms with Crippen molar-refractivity contribution in [3.63, 3.8) is 0 Å². The van der Waals surface area contributed by atoms with Gasteiger partial charge >= 0.3 is 0 Å². The lowest BCUT2D eigenvalue weighted by Gasteiger charge is -2.32. The van der Waals surface area contributed by atoms with Gasteiger partial charge in [0.25, 0.3) is 0 Å². The summed E-state index contributed by atoms with van der Waals surface area (Å²) in [5.74, 6) is 1.11. The monoisotopic (exact) mass is 368 g/mol. The second-order valence-corrected chi connectivity index (χ2v) is 7.18. The molecule has 0 spiro atoms. The van der Waals surface area contributed by atoms with Gasteiger partial charge in [-0.3, -0.25) is 9.59 Å². The fourth-order valence-corrected chi connectivity index (χ4v) is 3.70. The molecule has 5 heteroatoms. The normalized spacial score (nSPS) is 16.1. The average Bonchev–Trinajstić information content (AvgIpc) is 3.23. The molecule has 0 unspecified atom stereocenters. The number of benzene rings is 1. The highest BCUT2D eigenvalue weighted by atomic mass is 16.3. The first-order chi connectivity index (χ1) is 13.2. The molecule has 0 aliphatic carbocycles. The molecule has 1 aliphatic rings. The number of furan rings is 1. The van der Waals surface area contributed by atoms with E-state index in [1.54, 1.807) is 6.26 Å². The van der Waals surface area contributed by atoms with E-state index in [2.05, 4.69) is 17.4 Å². The van der Waals surface area contributed by atoms with Gasteiger partial charge in [-0.05, 0) is 37.0 Å². The second kappa shape index (κ2) is 9.40. The predicted molar refractivity (Wildman–Crippen MR) is 104 cm³/mol. The zero-order valence-electron chi connectivity index (χ0n) is 15.9. The number of hydrogen-bond acceptors (Lipinski definition) is 3. The van der Waals surface area contributed by atoms with E-state index in [-0.39, 0.29) is 23.8 Å². The molecule has 3 rings (SSSR count). The van der Waals surface area contributed by atoms with E-state index in [0.29, 0.717) is 12.8 Å². The van der Waals surface area contributed by atoms with Crippen LogP contribution in [0.3, 0.4) is 0 Å². The lowest BCUT2D eigenvalue weighted by molar-refractivity contribution is -0.132. The van der Waals surface area contributed by atoms with Crippen LogP contribution in [0.1, 0.15) is 49.8 Å². The molecule has 2 heterocycles. The third kappa shape index (κ3) is 5.46. The smallest absolute Gasteiger partial charge is 0.222 e. The van der Waals surface area contributed by atoms with E-state index in [4.69, 9.17) is 4.42 Å². The molecule has 1 saturated heterocycles. The molecule has 1 aliphatic heterocycles. The number of piperidine rings is 1. The van der Waals surface area contributed by atoms with Gasteiger partial charge in [-0.15, -0.1) is 0 Å². The fraction of sp³-hybridized carbons (Fsp3) is 0.455. The predicted octanol–water partition coefficient (Wildman–Crippen LogP) is 3.51. The van der Waals surface area contributed by atoms with Crippen molar-refractivity contribution >= 4 is 11.8 Å².